The fourth-order valence-electron chi connectivity index (χ4n) is 1.96. The molecule has 3 aromatic rings. The molecule has 0 amide bonds. The molecule has 0 aliphatic rings. The fourth-order valence-corrected chi connectivity index (χ4v) is 1.96. The number of aromatic nitrogens is 5. The van der Waals surface area contributed by atoms with E-state index in [2.05, 4.69) is 15.1 Å². The summed E-state index contributed by atoms with van der Waals surface area (Å²) in [5.74, 6) is 0.245. The van der Waals surface area contributed by atoms with Crippen molar-refractivity contribution < 1.29 is 18.3 Å². The van der Waals surface area contributed by atoms with Crippen LogP contribution < -0.4 is 5.56 Å². The Bertz CT molecular complexity index is 882. The van der Waals surface area contributed by atoms with Crippen molar-refractivity contribution in [3.8, 4) is 11.5 Å². The molecular formula is C13H11ClF3N5O2. The van der Waals surface area contributed by atoms with Gasteiger partial charge in [-0.25, -0.2) is 9.97 Å². The number of imidazole rings is 1. The third kappa shape index (κ3) is 3.19. The van der Waals surface area contributed by atoms with Gasteiger partial charge in [-0.15, -0.1) is 12.4 Å². The smallest absolute Gasteiger partial charge is 0.392 e. The first-order valence-corrected chi connectivity index (χ1v) is 6.38. The van der Waals surface area contributed by atoms with Crippen LogP contribution in [0.2, 0.25) is 0 Å². The quantitative estimate of drug-likeness (QED) is 0.743. The maximum absolute atomic E-state index is 12.6. The number of aliphatic hydroxyl groups is 1. The van der Waals surface area contributed by atoms with E-state index in [0.717, 1.165) is 21.8 Å². The summed E-state index contributed by atoms with van der Waals surface area (Å²) in [6.07, 6.45) is -0.285. The molecule has 128 valence electrons. The number of alkyl halides is 3. The van der Waals surface area contributed by atoms with E-state index in [-0.39, 0.29) is 30.5 Å². The summed E-state index contributed by atoms with van der Waals surface area (Å²) < 4.78 is 39.7. The van der Waals surface area contributed by atoms with E-state index < -0.39 is 17.4 Å². The number of aromatic amines is 1. The van der Waals surface area contributed by atoms with Crippen LogP contribution in [0.15, 0.2) is 41.8 Å². The Balaban J connectivity index is 0.00000208. The van der Waals surface area contributed by atoms with Gasteiger partial charge in [-0.2, -0.15) is 17.9 Å². The zero-order valence-corrected chi connectivity index (χ0v) is 12.7. The van der Waals surface area contributed by atoms with Gasteiger partial charge in [-0.05, 0) is 11.6 Å². The van der Waals surface area contributed by atoms with Crippen LogP contribution in [-0.4, -0.2) is 29.4 Å². The van der Waals surface area contributed by atoms with Crippen LogP contribution in [0.4, 0.5) is 13.2 Å². The van der Waals surface area contributed by atoms with Crippen molar-refractivity contribution >= 4 is 12.4 Å². The second-order valence-electron chi connectivity index (χ2n) is 4.65. The Labute approximate surface area is 138 Å². The van der Waals surface area contributed by atoms with Gasteiger partial charge in [-0.1, -0.05) is 6.07 Å². The summed E-state index contributed by atoms with van der Waals surface area (Å²) >= 11 is 0. The first kappa shape index (κ1) is 17.8. The minimum atomic E-state index is -4.58. The summed E-state index contributed by atoms with van der Waals surface area (Å²) in [4.78, 5) is 19.5. The van der Waals surface area contributed by atoms with Crippen molar-refractivity contribution in [2.75, 3.05) is 0 Å². The van der Waals surface area contributed by atoms with Gasteiger partial charge in [0.05, 0.1) is 6.61 Å². The van der Waals surface area contributed by atoms with Gasteiger partial charge in [0.1, 0.15) is 12.0 Å². The van der Waals surface area contributed by atoms with Gasteiger partial charge in [0.15, 0.2) is 11.5 Å². The molecule has 3 heterocycles. The number of H-pyrrole nitrogens is 1. The van der Waals surface area contributed by atoms with Crippen LogP contribution in [0.3, 0.4) is 0 Å². The molecule has 0 radical (unpaired) electrons. The van der Waals surface area contributed by atoms with E-state index in [1.165, 1.54) is 18.5 Å². The van der Waals surface area contributed by atoms with Gasteiger partial charge in [0.25, 0.3) is 5.56 Å². The maximum Gasteiger partial charge on any atom is 0.434 e. The second kappa shape index (κ2) is 6.49. The summed E-state index contributed by atoms with van der Waals surface area (Å²) in [6, 6.07) is 3.08. The predicted octanol–water partition coefficient (Wildman–Crippen LogP) is 1.68. The SMILES string of the molecule is Cl.O=c1c(-n2cnc(C(F)(F)F)c2)c[nH]n1-c1ccc(CO)cn1. The van der Waals surface area contributed by atoms with Crippen molar-refractivity contribution in [2.45, 2.75) is 12.8 Å². The molecule has 0 bridgehead atoms. The van der Waals surface area contributed by atoms with Crippen molar-refractivity contribution in [1.29, 1.82) is 0 Å². The first-order chi connectivity index (χ1) is 10.9. The zero-order chi connectivity index (χ0) is 16.6. The number of rotatable bonds is 3. The highest BCUT2D eigenvalue weighted by Gasteiger charge is 2.33. The molecule has 0 saturated heterocycles. The van der Waals surface area contributed by atoms with Gasteiger partial charge in [0, 0.05) is 18.6 Å². The molecule has 0 unspecified atom stereocenters. The number of nitrogens with one attached hydrogen (secondary N) is 1. The van der Waals surface area contributed by atoms with Crippen LogP contribution in [0.1, 0.15) is 11.3 Å². The molecule has 7 nitrogen and oxygen atoms in total. The highest BCUT2D eigenvalue weighted by atomic mass is 35.5. The fraction of sp³-hybridized carbons (Fsp3) is 0.154. The minimum Gasteiger partial charge on any atom is -0.392 e. The lowest BCUT2D eigenvalue weighted by Crippen LogP contribution is -2.19. The average molecular weight is 362 g/mol. The van der Waals surface area contributed by atoms with E-state index in [9.17, 15) is 18.0 Å². The number of hydrogen-bond acceptors (Lipinski definition) is 4. The van der Waals surface area contributed by atoms with Crippen molar-refractivity contribution in [1.82, 2.24) is 24.3 Å². The predicted molar refractivity (Wildman–Crippen MR) is 79.5 cm³/mol. The topological polar surface area (TPSA) is 88.7 Å². The number of aliphatic hydroxyl groups excluding tert-OH is 1. The van der Waals surface area contributed by atoms with E-state index >= 15 is 0 Å². The highest BCUT2D eigenvalue weighted by Crippen LogP contribution is 2.27. The maximum atomic E-state index is 12.6. The summed E-state index contributed by atoms with van der Waals surface area (Å²) in [5.41, 5.74) is -1.13. The van der Waals surface area contributed by atoms with Crippen LogP contribution in [-0.2, 0) is 12.8 Å². The molecule has 24 heavy (non-hydrogen) atoms. The first-order valence-electron chi connectivity index (χ1n) is 6.38. The largest absolute Gasteiger partial charge is 0.434 e. The zero-order valence-electron chi connectivity index (χ0n) is 11.9. The Morgan fingerprint density at radius 3 is 2.54 bits per heavy atom. The van der Waals surface area contributed by atoms with E-state index in [1.807, 2.05) is 0 Å². The van der Waals surface area contributed by atoms with E-state index in [4.69, 9.17) is 5.11 Å². The third-order valence-electron chi connectivity index (χ3n) is 3.12. The summed E-state index contributed by atoms with van der Waals surface area (Å²) in [5, 5.41) is 11.6. The van der Waals surface area contributed by atoms with Crippen LogP contribution >= 0.6 is 12.4 Å². The molecule has 0 spiro atoms. The molecule has 0 aromatic carbocycles. The van der Waals surface area contributed by atoms with Crippen LogP contribution in [0.25, 0.3) is 11.5 Å². The molecule has 0 fully saturated rings. The molecule has 0 saturated carbocycles. The van der Waals surface area contributed by atoms with Crippen molar-refractivity contribution in [3.05, 3.63) is 58.7 Å². The standard InChI is InChI=1S/C13H10F3N5O2.ClH/c14-13(15,16)10-5-20(7-18-10)9-4-19-21(12(9)23)11-2-1-8(6-22)3-17-11;/h1-5,7,19,22H,6H2;1H. The Kier molecular flexibility index (Phi) is 4.81. The summed E-state index contributed by atoms with van der Waals surface area (Å²) in [7, 11) is 0. The molecule has 0 atom stereocenters. The molecule has 11 heteroatoms. The van der Waals surface area contributed by atoms with Gasteiger partial charge >= 0.3 is 6.18 Å². The average Bonchev–Trinajstić information content (AvgIpc) is 3.13. The Morgan fingerprint density at radius 1 is 1.25 bits per heavy atom. The molecule has 2 N–H and O–H groups in total. The monoisotopic (exact) mass is 361 g/mol. The van der Waals surface area contributed by atoms with Gasteiger partial charge in [-0.3, -0.25) is 14.5 Å². The third-order valence-corrected chi connectivity index (χ3v) is 3.12. The van der Waals surface area contributed by atoms with E-state index in [0.29, 0.717) is 5.56 Å². The highest BCUT2D eigenvalue weighted by molar-refractivity contribution is 5.85. The lowest BCUT2D eigenvalue weighted by Gasteiger charge is -2.01. The number of hydrogen-bond donors (Lipinski definition) is 2. The molecule has 0 aliphatic heterocycles. The second-order valence-corrected chi connectivity index (χ2v) is 4.65. The summed E-state index contributed by atoms with van der Waals surface area (Å²) in [6.45, 7) is -0.187. The Morgan fingerprint density at radius 2 is 2.00 bits per heavy atom. The lowest BCUT2D eigenvalue weighted by atomic mass is 10.3. The Hall–Kier alpha value is -2.59. The number of nitrogens with zero attached hydrogens (tertiary/aromatic N) is 4. The molecule has 3 aromatic heterocycles. The van der Waals surface area contributed by atoms with Crippen LogP contribution in [0, 0.1) is 0 Å². The van der Waals surface area contributed by atoms with Gasteiger partial charge in [0.2, 0.25) is 0 Å². The lowest BCUT2D eigenvalue weighted by molar-refractivity contribution is -0.140. The number of halogens is 4. The van der Waals surface area contributed by atoms with E-state index in [1.54, 1.807) is 6.07 Å². The minimum absolute atomic E-state index is 0. The van der Waals surface area contributed by atoms with Crippen molar-refractivity contribution in [3.63, 3.8) is 0 Å². The normalized spacial score (nSPS) is 11.3. The molecular weight excluding hydrogens is 351 g/mol. The van der Waals surface area contributed by atoms with Crippen LogP contribution in [0.5, 0.6) is 0 Å². The molecule has 0 aliphatic carbocycles. The number of pyridine rings is 1. The molecule has 3 rings (SSSR count). The van der Waals surface area contributed by atoms with Gasteiger partial charge < -0.3 is 5.11 Å². The van der Waals surface area contributed by atoms with Crippen molar-refractivity contribution in [2.24, 2.45) is 0 Å².